The van der Waals surface area contributed by atoms with E-state index >= 15 is 0 Å². The zero-order valence-corrected chi connectivity index (χ0v) is 18.8. The van der Waals surface area contributed by atoms with Gasteiger partial charge in [0, 0.05) is 24.3 Å². The summed E-state index contributed by atoms with van der Waals surface area (Å²) in [5.74, 6) is 0.00839. The highest BCUT2D eigenvalue weighted by molar-refractivity contribution is 7.22. The van der Waals surface area contributed by atoms with Gasteiger partial charge in [-0.1, -0.05) is 23.5 Å². The maximum Gasteiger partial charge on any atom is 0.260 e. The van der Waals surface area contributed by atoms with Gasteiger partial charge in [-0.25, -0.2) is 4.98 Å². The van der Waals surface area contributed by atoms with Gasteiger partial charge in [-0.15, -0.1) is 0 Å². The molecule has 1 aromatic heterocycles. The largest absolute Gasteiger partial charge is 0.372 e. The lowest BCUT2D eigenvalue weighted by Crippen LogP contribution is -3.06. The Bertz CT molecular complexity index is 961. The smallest absolute Gasteiger partial charge is 0.260 e. The third-order valence-electron chi connectivity index (χ3n) is 5.16. The van der Waals surface area contributed by atoms with Crippen LogP contribution >= 0.6 is 11.3 Å². The number of anilines is 2. The Kier molecular flexibility index (Phi) is 6.87. The quantitative estimate of drug-likeness (QED) is 0.619. The van der Waals surface area contributed by atoms with Crippen molar-refractivity contribution >= 4 is 38.3 Å². The Morgan fingerprint density at radius 3 is 2.34 bits per heavy atom. The number of nitrogens with zero attached hydrogens (tertiary/aromatic N) is 3. The normalized spacial score (nSPS) is 11.2. The highest BCUT2D eigenvalue weighted by Gasteiger charge is 2.22. The van der Waals surface area contributed by atoms with Gasteiger partial charge in [0.25, 0.3) is 5.91 Å². The third-order valence-corrected chi connectivity index (χ3v) is 6.21. The van der Waals surface area contributed by atoms with Gasteiger partial charge in [0.2, 0.25) is 0 Å². The Labute approximate surface area is 177 Å². The first-order valence-corrected chi connectivity index (χ1v) is 11.1. The van der Waals surface area contributed by atoms with Gasteiger partial charge in [0.1, 0.15) is 0 Å². The number of aromatic nitrogens is 1. The number of thiazole rings is 1. The highest BCUT2D eigenvalue weighted by Crippen LogP contribution is 2.31. The molecule has 154 valence electrons. The van der Waals surface area contributed by atoms with Crippen LogP contribution in [0.15, 0.2) is 42.5 Å². The molecule has 6 heteroatoms. The van der Waals surface area contributed by atoms with Crippen molar-refractivity contribution in [2.24, 2.45) is 0 Å². The van der Waals surface area contributed by atoms with Crippen molar-refractivity contribution in [2.75, 3.05) is 50.1 Å². The first-order valence-electron chi connectivity index (χ1n) is 10.3. The van der Waals surface area contributed by atoms with Crippen LogP contribution in [0, 0.1) is 6.92 Å². The minimum absolute atomic E-state index is 0.00839. The predicted octanol–water partition coefficient (Wildman–Crippen LogP) is 3.24. The standard InChI is InChI=1S/C23H30N4OS/c1-6-26(7-2)19-13-11-18(12-14-19)22(28)27(16-15-25(4)5)23-24-21-17(3)9-8-10-20(21)29-23/h8-14H,6-7,15-16H2,1-5H3/p+1. The van der Waals surface area contributed by atoms with Gasteiger partial charge in [-0.05, 0) is 56.7 Å². The number of rotatable bonds is 8. The molecule has 0 aliphatic rings. The molecule has 1 heterocycles. The van der Waals surface area contributed by atoms with E-state index in [2.05, 4.69) is 51.9 Å². The van der Waals surface area contributed by atoms with Crippen LogP contribution in [0.3, 0.4) is 0 Å². The molecular weight excluding hydrogens is 380 g/mol. The number of benzene rings is 2. The highest BCUT2D eigenvalue weighted by atomic mass is 32.1. The van der Waals surface area contributed by atoms with Crippen LogP contribution in [-0.4, -0.2) is 51.2 Å². The molecule has 29 heavy (non-hydrogen) atoms. The second-order valence-corrected chi connectivity index (χ2v) is 8.56. The van der Waals surface area contributed by atoms with Gasteiger partial charge in [0.15, 0.2) is 5.13 Å². The minimum atomic E-state index is 0.00839. The number of para-hydroxylation sites is 1. The second kappa shape index (κ2) is 9.37. The van der Waals surface area contributed by atoms with Gasteiger partial charge in [0.05, 0.1) is 37.4 Å². The fourth-order valence-electron chi connectivity index (χ4n) is 3.37. The molecule has 0 saturated carbocycles. The topological polar surface area (TPSA) is 40.9 Å². The molecule has 5 nitrogen and oxygen atoms in total. The van der Waals surface area contributed by atoms with Crippen molar-refractivity contribution in [1.29, 1.82) is 0 Å². The van der Waals surface area contributed by atoms with E-state index in [1.165, 1.54) is 4.90 Å². The number of fused-ring (bicyclic) bond motifs is 1. The molecule has 0 fully saturated rings. The molecule has 0 aliphatic carbocycles. The van der Waals surface area contributed by atoms with Crippen LogP contribution in [0.5, 0.6) is 0 Å². The van der Waals surface area contributed by atoms with Crippen LogP contribution in [0.1, 0.15) is 29.8 Å². The Morgan fingerprint density at radius 1 is 1.07 bits per heavy atom. The van der Waals surface area contributed by atoms with Crippen LogP contribution in [0.2, 0.25) is 0 Å². The second-order valence-electron chi connectivity index (χ2n) is 7.55. The summed E-state index contributed by atoms with van der Waals surface area (Å²) in [4.78, 5) is 23.6. The summed E-state index contributed by atoms with van der Waals surface area (Å²) in [7, 11) is 4.20. The van der Waals surface area contributed by atoms with E-state index in [0.29, 0.717) is 12.1 Å². The van der Waals surface area contributed by atoms with Crippen LogP contribution < -0.4 is 14.7 Å². The number of amides is 1. The lowest BCUT2D eigenvalue weighted by Gasteiger charge is -2.23. The summed E-state index contributed by atoms with van der Waals surface area (Å²) in [6.45, 7) is 9.75. The lowest BCUT2D eigenvalue weighted by molar-refractivity contribution is -0.856. The number of likely N-dealkylation sites (N-methyl/N-ethyl adjacent to an activating group) is 1. The molecule has 0 radical (unpaired) electrons. The SMILES string of the molecule is CCN(CC)c1ccc(C(=O)N(CC[NH+](C)C)c2nc3c(C)cccc3s2)cc1. The minimum Gasteiger partial charge on any atom is -0.372 e. The number of carbonyl (C=O) groups is 1. The van der Waals surface area contributed by atoms with E-state index in [0.717, 1.165) is 46.2 Å². The first-order chi connectivity index (χ1) is 13.9. The summed E-state index contributed by atoms with van der Waals surface area (Å²) in [6, 6.07) is 14.1. The van der Waals surface area contributed by atoms with Crippen molar-refractivity contribution < 1.29 is 9.69 Å². The van der Waals surface area contributed by atoms with Gasteiger partial charge in [-0.3, -0.25) is 9.69 Å². The molecule has 0 atom stereocenters. The predicted molar refractivity (Wildman–Crippen MR) is 124 cm³/mol. The molecule has 0 bridgehead atoms. The summed E-state index contributed by atoms with van der Waals surface area (Å²) in [6.07, 6.45) is 0. The average Bonchev–Trinajstić information content (AvgIpc) is 3.14. The van der Waals surface area contributed by atoms with Crippen LogP contribution in [0.25, 0.3) is 10.2 Å². The lowest BCUT2D eigenvalue weighted by atomic mass is 10.1. The van der Waals surface area contributed by atoms with Gasteiger partial charge < -0.3 is 9.80 Å². The average molecular weight is 412 g/mol. The van der Waals surface area contributed by atoms with Crippen LogP contribution in [-0.2, 0) is 0 Å². The monoisotopic (exact) mass is 411 g/mol. The Balaban J connectivity index is 1.93. The summed E-state index contributed by atoms with van der Waals surface area (Å²) in [5.41, 5.74) is 3.97. The van der Waals surface area contributed by atoms with E-state index in [1.54, 1.807) is 11.3 Å². The number of hydrogen-bond donors (Lipinski definition) is 1. The van der Waals surface area contributed by atoms with Gasteiger partial charge >= 0.3 is 0 Å². The zero-order chi connectivity index (χ0) is 21.0. The summed E-state index contributed by atoms with van der Waals surface area (Å²) < 4.78 is 1.12. The molecule has 0 unspecified atom stereocenters. The molecule has 1 N–H and O–H groups in total. The van der Waals surface area contributed by atoms with Crippen LogP contribution in [0.4, 0.5) is 10.8 Å². The van der Waals surface area contributed by atoms with Crippen molar-refractivity contribution in [2.45, 2.75) is 20.8 Å². The fraction of sp³-hybridized carbons (Fsp3) is 0.391. The Morgan fingerprint density at radius 2 is 1.76 bits per heavy atom. The molecule has 3 rings (SSSR count). The van der Waals surface area contributed by atoms with E-state index in [9.17, 15) is 4.79 Å². The molecule has 1 amide bonds. The number of hydrogen-bond acceptors (Lipinski definition) is 4. The van der Waals surface area contributed by atoms with E-state index in [-0.39, 0.29) is 5.91 Å². The molecule has 0 spiro atoms. The van der Waals surface area contributed by atoms with Crippen molar-refractivity contribution in [3.8, 4) is 0 Å². The Hall–Kier alpha value is -2.44. The third kappa shape index (κ3) is 4.77. The maximum absolute atomic E-state index is 13.4. The van der Waals surface area contributed by atoms with Crippen molar-refractivity contribution in [3.63, 3.8) is 0 Å². The molecular formula is C23H31N4OS+. The van der Waals surface area contributed by atoms with Crippen molar-refractivity contribution in [1.82, 2.24) is 4.98 Å². The summed E-state index contributed by atoms with van der Waals surface area (Å²) >= 11 is 1.59. The number of carbonyl (C=O) groups excluding carboxylic acids is 1. The number of aryl methyl sites for hydroxylation is 1. The first kappa shape index (κ1) is 21.3. The van der Waals surface area contributed by atoms with E-state index in [4.69, 9.17) is 4.98 Å². The fourth-order valence-corrected chi connectivity index (χ4v) is 4.44. The number of quaternary nitrogens is 1. The molecule has 3 aromatic rings. The van der Waals surface area contributed by atoms with Crippen molar-refractivity contribution in [3.05, 3.63) is 53.6 Å². The van der Waals surface area contributed by atoms with E-state index in [1.807, 2.05) is 35.2 Å². The molecule has 0 saturated heterocycles. The number of nitrogens with one attached hydrogen (secondary N) is 1. The summed E-state index contributed by atoms with van der Waals surface area (Å²) in [5, 5.41) is 0.772. The zero-order valence-electron chi connectivity index (χ0n) is 18.0. The molecule has 0 aliphatic heterocycles. The maximum atomic E-state index is 13.4. The van der Waals surface area contributed by atoms with Gasteiger partial charge in [-0.2, -0.15) is 0 Å². The molecule has 2 aromatic carbocycles. The van der Waals surface area contributed by atoms with E-state index < -0.39 is 0 Å².